The molecule has 1 fully saturated rings. The van der Waals surface area contributed by atoms with Crippen molar-refractivity contribution in [1.82, 2.24) is 25.2 Å². The zero-order chi connectivity index (χ0) is 20.4. The van der Waals surface area contributed by atoms with Gasteiger partial charge in [-0.15, -0.1) is 0 Å². The number of amides is 1. The van der Waals surface area contributed by atoms with Gasteiger partial charge >= 0.3 is 0 Å². The molecule has 7 heteroatoms. The summed E-state index contributed by atoms with van der Waals surface area (Å²) in [6, 6.07) is 7.94. The Morgan fingerprint density at radius 2 is 2.00 bits per heavy atom. The number of rotatable bonds is 6. The molecule has 1 saturated carbocycles. The Morgan fingerprint density at radius 3 is 2.69 bits per heavy atom. The van der Waals surface area contributed by atoms with Gasteiger partial charge in [0.1, 0.15) is 0 Å². The van der Waals surface area contributed by atoms with Gasteiger partial charge in [0.25, 0.3) is 5.91 Å². The van der Waals surface area contributed by atoms with Crippen molar-refractivity contribution in [3.8, 4) is 17.1 Å². The monoisotopic (exact) mass is 393 g/mol. The minimum Gasteiger partial charge on any atom is -0.349 e. The van der Waals surface area contributed by atoms with Gasteiger partial charge in [0.15, 0.2) is 0 Å². The fraction of sp³-hybridized carbons (Fsp3) is 0.455. The molecule has 0 bridgehead atoms. The highest BCUT2D eigenvalue weighted by Crippen LogP contribution is 2.33. The summed E-state index contributed by atoms with van der Waals surface area (Å²) in [4.78, 5) is 17.0. The first-order valence-electron chi connectivity index (χ1n) is 10.4. The van der Waals surface area contributed by atoms with Crippen LogP contribution in [0.4, 0.5) is 0 Å². The lowest BCUT2D eigenvalue weighted by molar-refractivity contribution is 0.0938. The molecule has 152 valence electrons. The van der Waals surface area contributed by atoms with E-state index in [0.29, 0.717) is 23.0 Å². The average molecular weight is 393 g/mol. The molecule has 3 aromatic rings. The second-order valence-electron chi connectivity index (χ2n) is 7.84. The number of aryl methyl sites for hydroxylation is 1. The molecule has 0 radical (unpaired) electrons. The van der Waals surface area contributed by atoms with Crippen LogP contribution < -0.4 is 5.32 Å². The van der Waals surface area contributed by atoms with Crippen LogP contribution in [0.3, 0.4) is 0 Å². The molecule has 2 aromatic heterocycles. The zero-order valence-electron chi connectivity index (χ0n) is 17.2. The summed E-state index contributed by atoms with van der Waals surface area (Å²) in [5.41, 5.74) is 3.07. The van der Waals surface area contributed by atoms with Gasteiger partial charge in [-0.1, -0.05) is 24.9 Å². The molecule has 1 amide bonds. The third-order valence-corrected chi connectivity index (χ3v) is 5.67. The van der Waals surface area contributed by atoms with Crippen LogP contribution in [-0.2, 0) is 0 Å². The van der Waals surface area contributed by atoms with E-state index in [1.165, 1.54) is 12.8 Å². The van der Waals surface area contributed by atoms with E-state index < -0.39 is 0 Å². The molecule has 1 aliphatic rings. The van der Waals surface area contributed by atoms with E-state index in [-0.39, 0.29) is 11.9 Å². The van der Waals surface area contributed by atoms with Crippen molar-refractivity contribution in [2.45, 2.75) is 64.8 Å². The summed E-state index contributed by atoms with van der Waals surface area (Å²) in [6.45, 7) is 5.88. The van der Waals surface area contributed by atoms with Gasteiger partial charge in [-0.2, -0.15) is 10.1 Å². The second kappa shape index (κ2) is 8.19. The van der Waals surface area contributed by atoms with Crippen molar-refractivity contribution in [3.63, 3.8) is 0 Å². The molecule has 7 nitrogen and oxygen atoms in total. The Hall–Kier alpha value is -2.96. The molecule has 4 rings (SSSR count). The zero-order valence-corrected chi connectivity index (χ0v) is 17.2. The lowest BCUT2D eigenvalue weighted by atomic mass is 10.1. The fourth-order valence-electron chi connectivity index (χ4n) is 3.67. The minimum atomic E-state index is -0.0917. The normalized spacial score (nSPS) is 15.6. The lowest BCUT2D eigenvalue weighted by Crippen LogP contribution is -2.32. The molecular weight excluding hydrogens is 366 g/mol. The summed E-state index contributed by atoms with van der Waals surface area (Å²) in [5.74, 6) is 1.68. The third-order valence-electron chi connectivity index (χ3n) is 5.67. The molecule has 1 aliphatic carbocycles. The molecule has 0 unspecified atom stereocenters. The highest BCUT2D eigenvalue weighted by atomic mass is 16.5. The van der Waals surface area contributed by atoms with Crippen molar-refractivity contribution in [3.05, 3.63) is 47.6 Å². The molecular formula is C22H27N5O2. The fourth-order valence-corrected chi connectivity index (χ4v) is 3.67. The van der Waals surface area contributed by atoms with Gasteiger partial charge in [0.2, 0.25) is 11.7 Å². The summed E-state index contributed by atoms with van der Waals surface area (Å²) in [6.07, 6.45) is 7.39. The largest absolute Gasteiger partial charge is 0.349 e. The van der Waals surface area contributed by atoms with Gasteiger partial charge in [-0.25, -0.2) is 4.68 Å². The van der Waals surface area contributed by atoms with E-state index in [1.54, 1.807) is 10.9 Å². The van der Waals surface area contributed by atoms with Crippen LogP contribution in [0.2, 0.25) is 0 Å². The van der Waals surface area contributed by atoms with E-state index in [1.807, 2.05) is 45.0 Å². The number of carbonyl (C=O) groups excluding carboxylic acids is 1. The summed E-state index contributed by atoms with van der Waals surface area (Å²) in [7, 11) is 0. The first-order valence-corrected chi connectivity index (χ1v) is 10.4. The van der Waals surface area contributed by atoms with Crippen LogP contribution in [0.25, 0.3) is 17.1 Å². The predicted molar refractivity (Wildman–Crippen MR) is 110 cm³/mol. The Morgan fingerprint density at radius 1 is 1.28 bits per heavy atom. The van der Waals surface area contributed by atoms with Crippen LogP contribution in [0, 0.1) is 6.92 Å². The van der Waals surface area contributed by atoms with Crippen molar-refractivity contribution >= 4 is 5.91 Å². The van der Waals surface area contributed by atoms with Gasteiger partial charge in [0.05, 0.1) is 16.9 Å². The molecule has 0 aliphatic heterocycles. The summed E-state index contributed by atoms with van der Waals surface area (Å²) < 4.78 is 7.21. The van der Waals surface area contributed by atoms with Gasteiger partial charge in [-0.05, 0) is 57.4 Å². The molecule has 29 heavy (non-hydrogen) atoms. The third kappa shape index (κ3) is 4.09. The van der Waals surface area contributed by atoms with Crippen molar-refractivity contribution in [1.29, 1.82) is 0 Å². The first-order chi connectivity index (χ1) is 14.0. The van der Waals surface area contributed by atoms with Crippen LogP contribution in [0.1, 0.15) is 73.8 Å². The Kier molecular flexibility index (Phi) is 5.47. The van der Waals surface area contributed by atoms with Gasteiger partial charge in [0, 0.05) is 23.7 Å². The van der Waals surface area contributed by atoms with Crippen LogP contribution in [-0.4, -0.2) is 31.9 Å². The minimum absolute atomic E-state index is 0.0917. The van der Waals surface area contributed by atoms with Crippen LogP contribution in [0.15, 0.2) is 35.0 Å². The van der Waals surface area contributed by atoms with Crippen molar-refractivity contribution in [2.75, 3.05) is 0 Å². The van der Waals surface area contributed by atoms with Crippen LogP contribution >= 0.6 is 0 Å². The molecule has 1 atom stereocenters. The number of nitrogens with one attached hydrogen (secondary N) is 1. The standard InChI is InChI=1S/C22H27N5O2/c1-4-14(2)23-21(28)19-13-27(25-15(19)3)18-11-9-16(10-12-18)20-24-22(29-26-20)17-7-5-6-8-17/h9-14,17H,4-8H2,1-3H3,(H,23,28)/t14-/m1/s1. The first kappa shape index (κ1) is 19.4. The van der Waals surface area contributed by atoms with Crippen LogP contribution in [0.5, 0.6) is 0 Å². The topological polar surface area (TPSA) is 85.8 Å². The van der Waals surface area contributed by atoms with E-state index in [4.69, 9.17) is 4.52 Å². The number of benzene rings is 1. The lowest BCUT2D eigenvalue weighted by Gasteiger charge is -2.10. The van der Waals surface area contributed by atoms with E-state index >= 15 is 0 Å². The smallest absolute Gasteiger partial charge is 0.254 e. The summed E-state index contributed by atoms with van der Waals surface area (Å²) in [5, 5.41) is 11.6. The average Bonchev–Trinajstić information content (AvgIpc) is 3.48. The maximum absolute atomic E-state index is 12.4. The number of hydrogen-bond acceptors (Lipinski definition) is 5. The second-order valence-corrected chi connectivity index (χ2v) is 7.84. The van der Waals surface area contributed by atoms with E-state index in [2.05, 4.69) is 20.6 Å². The van der Waals surface area contributed by atoms with E-state index in [9.17, 15) is 4.79 Å². The Balaban J connectivity index is 1.51. The predicted octanol–water partition coefficient (Wildman–Crippen LogP) is 4.42. The number of hydrogen-bond donors (Lipinski definition) is 1. The maximum atomic E-state index is 12.4. The SMILES string of the molecule is CC[C@@H](C)NC(=O)c1cn(-c2ccc(-c3noc(C4CCCC4)n3)cc2)nc1C. The van der Waals surface area contributed by atoms with Gasteiger partial charge < -0.3 is 9.84 Å². The molecule has 0 saturated heterocycles. The number of aromatic nitrogens is 4. The molecule has 1 N–H and O–H groups in total. The molecule has 1 aromatic carbocycles. The Bertz CT molecular complexity index is 983. The van der Waals surface area contributed by atoms with Gasteiger partial charge in [-0.3, -0.25) is 4.79 Å². The van der Waals surface area contributed by atoms with Crippen molar-refractivity contribution < 1.29 is 9.32 Å². The molecule has 2 heterocycles. The quantitative estimate of drug-likeness (QED) is 0.670. The molecule has 0 spiro atoms. The number of carbonyl (C=O) groups is 1. The highest BCUT2D eigenvalue weighted by molar-refractivity contribution is 5.95. The van der Waals surface area contributed by atoms with Crippen molar-refractivity contribution in [2.24, 2.45) is 0 Å². The highest BCUT2D eigenvalue weighted by Gasteiger charge is 2.23. The Labute approximate surface area is 170 Å². The van der Waals surface area contributed by atoms with E-state index in [0.717, 1.165) is 36.4 Å². The maximum Gasteiger partial charge on any atom is 0.254 e. The summed E-state index contributed by atoms with van der Waals surface area (Å²) >= 11 is 0. The number of nitrogens with zero attached hydrogens (tertiary/aromatic N) is 4.